The van der Waals surface area contributed by atoms with Crippen LogP contribution in [-0.2, 0) is 38.5 Å². The van der Waals surface area contributed by atoms with Crippen LogP contribution in [0, 0.1) is 0 Å². The fourth-order valence-electron chi connectivity index (χ4n) is 10.8. The number of fused-ring (bicyclic) bond motifs is 3. The molecule has 6 aliphatic rings. The van der Waals surface area contributed by atoms with Crippen LogP contribution in [0.3, 0.4) is 0 Å². The zero-order valence-corrected chi connectivity index (χ0v) is 39.3. The minimum absolute atomic E-state index is 0.0344. The van der Waals surface area contributed by atoms with Gasteiger partial charge >= 0.3 is 6.03 Å². The molecule has 4 N–H and O–H groups in total. The predicted molar refractivity (Wildman–Crippen MR) is 253 cm³/mol. The van der Waals surface area contributed by atoms with E-state index in [1.807, 2.05) is 17.2 Å². The van der Waals surface area contributed by atoms with Crippen molar-refractivity contribution in [3.63, 3.8) is 0 Å². The topological polar surface area (TPSA) is 191 Å². The average Bonchev–Trinajstić information content (AvgIpc) is 4.05. The van der Waals surface area contributed by atoms with E-state index in [9.17, 15) is 28.8 Å². The number of ether oxygens (including phenoxy) is 1. The SMILES string of the molecule is CNC(=O)N1CCc2c(c(N3CCCc4cc(C5=CN(CC(=O)NCCCCCCCCNc6cccc7c6C(=O)N(C6CCC(=O)NC6=O)C7=O)CC5)c(C(F)F)cc43)nn2C2CCOCC2)C1. The van der Waals surface area contributed by atoms with Gasteiger partial charge in [0, 0.05) is 100 Å². The van der Waals surface area contributed by atoms with Crippen LogP contribution in [0.2, 0.25) is 0 Å². The number of unbranched alkanes of at least 4 members (excludes halogenated alkanes) is 5. The molecule has 0 radical (unpaired) electrons. The van der Waals surface area contributed by atoms with E-state index in [1.165, 1.54) is 0 Å². The van der Waals surface area contributed by atoms with Gasteiger partial charge < -0.3 is 35.4 Å². The summed E-state index contributed by atoms with van der Waals surface area (Å²) in [4.78, 5) is 83.0. The largest absolute Gasteiger partial charge is 0.384 e. The van der Waals surface area contributed by atoms with Crippen LogP contribution < -0.4 is 26.2 Å². The molecule has 0 saturated carbocycles. The molecule has 0 aliphatic carbocycles. The Balaban J connectivity index is 0.739. The summed E-state index contributed by atoms with van der Waals surface area (Å²) in [6.45, 7) is 4.75. The van der Waals surface area contributed by atoms with Crippen molar-refractivity contribution in [2.45, 2.75) is 115 Å². The smallest absolute Gasteiger partial charge is 0.317 e. The second kappa shape index (κ2) is 21.1. The summed E-state index contributed by atoms with van der Waals surface area (Å²) < 4.78 is 37.9. The van der Waals surface area contributed by atoms with E-state index in [4.69, 9.17) is 9.84 Å². The molecule has 7 amide bonds. The third kappa shape index (κ3) is 10.1. The van der Waals surface area contributed by atoms with Gasteiger partial charge in [0.05, 0.1) is 30.3 Å². The third-order valence-electron chi connectivity index (χ3n) is 14.4. The Kier molecular flexibility index (Phi) is 14.6. The number of halogens is 2. The van der Waals surface area contributed by atoms with Crippen LogP contribution >= 0.6 is 0 Å². The fourth-order valence-corrected chi connectivity index (χ4v) is 10.8. The lowest BCUT2D eigenvalue weighted by Crippen LogP contribution is -2.54. The molecule has 9 rings (SSSR count). The molecule has 69 heavy (non-hydrogen) atoms. The molecule has 1 aromatic heterocycles. The molecule has 1 unspecified atom stereocenters. The van der Waals surface area contributed by atoms with E-state index < -0.39 is 36.1 Å². The van der Waals surface area contributed by atoms with E-state index in [1.54, 1.807) is 36.2 Å². The van der Waals surface area contributed by atoms with Gasteiger partial charge in [-0.05, 0) is 92.3 Å². The number of hydrogen-bond donors (Lipinski definition) is 4. The van der Waals surface area contributed by atoms with Crippen molar-refractivity contribution in [1.29, 1.82) is 0 Å². The maximum absolute atomic E-state index is 15.1. The van der Waals surface area contributed by atoms with Crippen LogP contribution in [0.4, 0.5) is 30.8 Å². The summed E-state index contributed by atoms with van der Waals surface area (Å²) in [5.41, 5.74) is 6.12. The first-order valence-electron chi connectivity index (χ1n) is 24.7. The summed E-state index contributed by atoms with van der Waals surface area (Å²) in [5.74, 6) is -1.50. The molecule has 2 fully saturated rings. The number of anilines is 3. The molecule has 6 aliphatic heterocycles. The molecule has 368 valence electrons. The molecule has 0 spiro atoms. The van der Waals surface area contributed by atoms with Gasteiger partial charge in [0.15, 0.2) is 5.82 Å². The number of imide groups is 2. The number of aryl methyl sites for hydroxylation is 1. The highest BCUT2D eigenvalue weighted by Gasteiger charge is 2.46. The van der Waals surface area contributed by atoms with E-state index >= 15 is 8.78 Å². The molecular formula is C50H62F2N10O7. The lowest BCUT2D eigenvalue weighted by atomic mass is 9.91. The Labute approximate surface area is 400 Å². The zero-order valence-electron chi connectivity index (χ0n) is 39.3. The minimum Gasteiger partial charge on any atom is -0.384 e. The summed E-state index contributed by atoms with van der Waals surface area (Å²) in [5, 5.41) is 16.5. The number of benzene rings is 2. The van der Waals surface area contributed by atoms with Crippen molar-refractivity contribution in [1.82, 2.24) is 40.4 Å². The monoisotopic (exact) mass is 952 g/mol. The number of amides is 7. The first-order valence-corrected chi connectivity index (χ1v) is 24.7. The maximum atomic E-state index is 15.1. The van der Waals surface area contributed by atoms with Crippen LogP contribution in [0.1, 0.15) is 138 Å². The predicted octanol–water partition coefficient (Wildman–Crippen LogP) is 5.97. The summed E-state index contributed by atoms with van der Waals surface area (Å²) in [6.07, 6.45) is 9.34. The normalized spacial score (nSPS) is 19.4. The van der Waals surface area contributed by atoms with Gasteiger partial charge in [-0.3, -0.25) is 38.9 Å². The number of piperidine rings is 1. The second-order valence-corrected chi connectivity index (χ2v) is 18.8. The Morgan fingerprint density at radius 3 is 2.43 bits per heavy atom. The van der Waals surface area contributed by atoms with Crippen molar-refractivity contribution >= 4 is 58.3 Å². The Morgan fingerprint density at radius 1 is 0.884 bits per heavy atom. The van der Waals surface area contributed by atoms with E-state index in [0.29, 0.717) is 76.6 Å². The molecule has 3 aromatic rings. The summed E-state index contributed by atoms with van der Waals surface area (Å²) >= 11 is 0. The zero-order chi connectivity index (χ0) is 48.2. The Bertz CT molecular complexity index is 2520. The van der Waals surface area contributed by atoms with Crippen molar-refractivity contribution in [2.75, 3.05) is 69.7 Å². The Morgan fingerprint density at radius 2 is 1.67 bits per heavy atom. The van der Waals surface area contributed by atoms with Gasteiger partial charge in [-0.25, -0.2) is 13.6 Å². The molecule has 2 saturated heterocycles. The lowest BCUT2D eigenvalue weighted by Gasteiger charge is -2.33. The van der Waals surface area contributed by atoms with Gasteiger partial charge in [0.2, 0.25) is 17.7 Å². The highest BCUT2D eigenvalue weighted by molar-refractivity contribution is 6.25. The van der Waals surface area contributed by atoms with Gasteiger partial charge in [0.25, 0.3) is 18.2 Å². The number of rotatable bonds is 17. The fraction of sp³-hybridized carbons (Fsp3) is 0.540. The van der Waals surface area contributed by atoms with E-state index in [0.717, 1.165) is 103 Å². The lowest BCUT2D eigenvalue weighted by molar-refractivity contribution is -0.136. The second-order valence-electron chi connectivity index (χ2n) is 18.8. The number of aromatic nitrogens is 2. The molecule has 17 nitrogen and oxygen atoms in total. The average molecular weight is 953 g/mol. The van der Waals surface area contributed by atoms with Gasteiger partial charge in [-0.1, -0.05) is 31.7 Å². The summed E-state index contributed by atoms with van der Waals surface area (Å²) in [7, 11) is 1.62. The molecule has 19 heteroatoms. The first kappa shape index (κ1) is 47.7. The van der Waals surface area contributed by atoms with Crippen LogP contribution in [0.25, 0.3) is 5.57 Å². The van der Waals surface area contributed by atoms with Crippen molar-refractivity contribution in [3.05, 3.63) is 75.6 Å². The van der Waals surface area contributed by atoms with Crippen molar-refractivity contribution in [2.24, 2.45) is 0 Å². The quantitative estimate of drug-likeness (QED) is 0.0922. The number of carbonyl (C=O) groups is 6. The molecule has 0 bridgehead atoms. The number of hydrogen-bond acceptors (Lipinski definition) is 11. The minimum atomic E-state index is -2.71. The van der Waals surface area contributed by atoms with E-state index in [2.05, 4.69) is 30.8 Å². The number of nitrogens with one attached hydrogen (secondary N) is 4. The van der Waals surface area contributed by atoms with Crippen molar-refractivity contribution in [3.8, 4) is 0 Å². The number of alkyl halides is 2. The first-order chi connectivity index (χ1) is 33.5. The van der Waals surface area contributed by atoms with Crippen molar-refractivity contribution < 1.29 is 42.3 Å². The highest BCUT2D eigenvalue weighted by atomic mass is 19.3. The maximum Gasteiger partial charge on any atom is 0.317 e. The van der Waals surface area contributed by atoms with Gasteiger partial charge in [0.1, 0.15) is 6.04 Å². The molecule has 1 atom stereocenters. The Hall–Kier alpha value is -6.37. The van der Waals surface area contributed by atoms with Crippen LogP contribution in [0.15, 0.2) is 36.5 Å². The van der Waals surface area contributed by atoms with E-state index in [-0.39, 0.29) is 54.1 Å². The number of nitrogens with zero attached hydrogens (tertiary/aromatic N) is 6. The molecule has 7 heterocycles. The van der Waals surface area contributed by atoms with Gasteiger partial charge in [-0.2, -0.15) is 5.10 Å². The van der Waals surface area contributed by atoms with Gasteiger partial charge in [-0.15, -0.1) is 0 Å². The summed E-state index contributed by atoms with van der Waals surface area (Å²) in [6, 6.07) is 7.61. The molecule has 2 aromatic carbocycles. The molecular weight excluding hydrogens is 891 g/mol. The number of urea groups is 1. The standard InChI is InChI=1S/C50H62F2N10O7/c1-53-50(68)59-23-16-39-37(29-59)46(57-62(39)33-17-24-69-25-18-33)60-21-9-10-31-26-35(36(45(51)52)27-41(31)60)32-15-22-58(28-32)30-43(64)55-20-7-5-3-2-4-6-19-54-38-12-8-11-34-44(38)49(67)61(48(34)66)40-13-14-42(63)56-47(40)65/h8,11-12,26-28,33,40,45,54H,2-7,9-10,13-25,29-30H2,1H3,(H,53,68)(H,55,64)(H,56,63,65). The van der Waals surface area contributed by atoms with Crippen LogP contribution in [0.5, 0.6) is 0 Å². The van der Waals surface area contributed by atoms with Crippen LogP contribution in [-0.4, -0.2) is 126 Å². The number of carbonyl (C=O) groups excluding carboxylic acids is 6. The highest BCUT2D eigenvalue weighted by Crippen LogP contribution is 2.44. The third-order valence-corrected chi connectivity index (χ3v) is 14.4.